The summed E-state index contributed by atoms with van der Waals surface area (Å²) in [6.45, 7) is 9.84. The lowest BCUT2D eigenvalue weighted by atomic mass is 9.90. The minimum Gasteiger partial charge on any atom is -0.496 e. The fraction of sp³-hybridized carbons (Fsp3) is 0.500. The van der Waals surface area contributed by atoms with Crippen LogP contribution >= 0.6 is 0 Å². The zero-order valence-corrected chi connectivity index (χ0v) is 20.7. The molecule has 0 N–H and O–H groups in total. The van der Waals surface area contributed by atoms with E-state index < -0.39 is 0 Å². The third kappa shape index (κ3) is 6.37. The topological polar surface area (TPSA) is 49.9 Å². The van der Waals surface area contributed by atoms with Gasteiger partial charge in [-0.05, 0) is 43.4 Å². The molecular weight excluding hydrogens is 412 g/mol. The van der Waals surface area contributed by atoms with Crippen LogP contribution in [-0.2, 0) is 22.6 Å². The maximum absolute atomic E-state index is 13.8. The molecule has 0 spiro atoms. The molecule has 3 rings (SSSR count). The van der Waals surface area contributed by atoms with Crippen molar-refractivity contribution >= 4 is 11.8 Å². The zero-order valence-electron chi connectivity index (χ0n) is 20.7. The molecule has 1 aliphatic heterocycles. The lowest BCUT2D eigenvalue weighted by Crippen LogP contribution is -2.49. The van der Waals surface area contributed by atoms with E-state index in [9.17, 15) is 9.59 Å². The van der Waals surface area contributed by atoms with Crippen molar-refractivity contribution in [1.82, 2.24) is 9.80 Å². The Morgan fingerprint density at radius 2 is 1.64 bits per heavy atom. The second kappa shape index (κ2) is 10.9. The summed E-state index contributed by atoms with van der Waals surface area (Å²) in [5, 5.41) is 0. The highest BCUT2D eigenvalue weighted by Crippen LogP contribution is 2.27. The van der Waals surface area contributed by atoms with E-state index in [4.69, 9.17) is 4.74 Å². The number of methoxy groups -OCH3 is 1. The molecule has 1 aliphatic rings. The highest BCUT2D eigenvalue weighted by atomic mass is 16.5. The van der Waals surface area contributed by atoms with E-state index in [1.54, 1.807) is 7.11 Å². The molecule has 0 bridgehead atoms. The maximum atomic E-state index is 13.8. The number of nitrogens with zero attached hydrogens (tertiary/aromatic N) is 2. The lowest BCUT2D eigenvalue weighted by Gasteiger charge is -2.38. The first-order valence-electron chi connectivity index (χ1n) is 12.0. The van der Waals surface area contributed by atoms with Gasteiger partial charge in [-0.25, -0.2) is 0 Å². The van der Waals surface area contributed by atoms with E-state index in [0.717, 1.165) is 23.3 Å². The molecule has 0 aliphatic carbocycles. The van der Waals surface area contributed by atoms with Gasteiger partial charge in [0, 0.05) is 37.0 Å². The fourth-order valence-electron chi connectivity index (χ4n) is 4.57. The summed E-state index contributed by atoms with van der Waals surface area (Å²) in [4.78, 5) is 30.4. The number of ether oxygens (including phenoxy) is 1. The molecule has 0 saturated carbocycles. The highest BCUT2D eigenvalue weighted by molar-refractivity contribution is 5.83. The summed E-state index contributed by atoms with van der Waals surface area (Å²) in [6, 6.07) is 18.2. The molecule has 0 aromatic heterocycles. The van der Waals surface area contributed by atoms with Gasteiger partial charge in [0.1, 0.15) is 5.75 Å². The van der Waals surface area contributed by atoms with Crippen LogP contribution in [0.15, 0.2) is 54.6 Å². The minimum absolute atomic E-state index is 0.0169. The smallest absolute Gasteiger partial charge is 0.227 e. The molecule has 1 atom stereocenters. The van der Waals surface area contributed by atoms with E-state index >= 15 is 0 Å². The van der Waals surface area contributed by atoms with Crippen molar-refractivity contribution in [1.29, 1.82) is 0 Å². The predicted molar refractivity (Wildman–Crippen MR) is 132 cm³/mol. The van der Waals surface area contributed by atoms with Crippen LogP contribution in [-0.4, -0.2) is 47.9 Å². The van der Waals surface area contributed by atoms with Crippen molar-refractivity contribution in [3.05, 3.63) is 65.7 Å². The monoisotopic (exact) mass is 450 g/mol. The Hall–Kier alpha value is -2.82. The predicted octanol–water partition coefficient (Wildman–Crippen LogP) is 4.94. The summed E-state index contributed by atoms with van der Waals surface area (Å²) in [6.07, 6.45) is 2.16. The largest absolute Gasteiger partial charge is 0.496 e. The van der Waals surface area contributed by atoms with Gasteiger partial charge >= 0.3 is 0 Å². The fourth-order valence-corrected chi connectivity index (χ4v) is 4.57. The first kappa shape index (κ1) is 24.8. The summed E-state index contributed by atoms with van der Waals surface area (Å²) >= 11 is 0. The second-order valence-corrected chi connectivity index (χ2v) is 10.1. The van der Waals surface area contributed by atoms with Crippen LogP contribution < -0.4 is 4.74 Å². The average molecular weight is 451 g/mol. The molecule has 5 nitrogen and oxygen atoms in total. The molecule has 5 heteroatoms. The third-order valence-corrected chi connectivity index (χ3v) is 6.49. The molecule has 2 aromatic rings. The third-order valence-electron chi connectivity index (χ3n) is 6.49. The number of hydrogen-bond donors (Lipinski definition) is 0. The number of benzene rings is 2. The average Bonchev–Trinajstić information content (AvgIpc) is 2.82. The highest BCUT2D eigenvalue weighted by Gasteiger charge is 2.35. The molecule has 2 aromatic carbocycles. The van der Waals surface area contributed by atoms with Crippen molar-refractivity contribution in [2.45, 2.75) is 59.5 Å². The van der Waals surface area contributed by atoms with Crippen molar-refractivity contribution < 1.29 is 14.3 Å². The molecule has 0 radical (unpaired) electrons. The number of carbonyl (C=O) groups excluding carboxylic acids is 2. The molecule has 1 unspecified atom stereocenters. The van der Waals surface area contributed by atoms with Crippen LogP contribution in [0.5, 0.6) is 5.75 Å². The van der Waals surface area contributed by atoms with Gasteiger partial charge in [0.05, 0.1) is 7.11 Å². The lowest BCUT2D eigenvalue weighted by molar-refractivity contribution is -0.146. The van der Waals surface area contributed by atoms with Crippen LogP contribution in [0, 0.1) is 11.3 Å². The zero-order chi connectivity index (χ0) is 24.0. The molecule has 1 fully saturated rings. The van der Waals surface area contributed by atoms with Crippen molar-refractivity contribution in [3.63, 3.8) is 0 Å². The summed E-state index contributed by atoms with van der Waals surface area (Å²) in [5.41, 5.74) is 1.83. The Balaban J connectivity index is 1.75. The first-order valence-corrected chi connectivity index (χ1v) is 12.0. The van der Waals surface area contributed by atoms with Crippen molar-refractivity contribution in [3.8, 4) is 5.75 Å². The number of rotatable bonds is 7. The Kier molecular flexibility index (Phi) is 8.17. The van der Waals surface area contributed by atoms with Crippen LogP contribution in [0.2, 0.25) is 0 Å². The standard InChI is InChI=1S/C28H38N2O3/c1-21(19-24-13-9-10-14-25(24)33-5)30(20-22-11-7-6-8-12-22)26(31)23-15-17-29(18-16-23)27(32)28(2,3)4/h6-14,21,23H,15-20H2,1-5H3. The van der Waals surface area contributed by atoms with Crippen molar-refractivity contribution in [2.24, 2.45) is 11.3 Å². The van der Waals surface area contributed by atoms with E-state index in [2.05, 4.69) is 25.1 Å². The van der Waals surface area contributed by atoms with Gasteiger partial charge in [-0.15, -0.1) is 0 Å². The number of likely N-dealkylation sites (tertiary alicyclic amines) is 1. The van der Waals surface area contributed by atoms with E-state index in [1.807, 2.05) is 67.0 Å². The van der Waals surface area contributed by atoms with Gasteiger partial charge in [0.2, 0.25) is 11.8 Å². The molecule has 1 saturated heterocycles. The summed E-state index contributed by atoms with van der Waals surface area (Å²) in [5.74, 6) is 1.14. The van der Waals surface area contributed by atoms with E-state index in [1.165, 1.54) is 0 Å². The molecule has 33 heavy (non-hydrogen) atoms. The van der Waals surface area contributed by atoms with Crippen LogP contribution in [0.3, 0.4) is 0 Å². The van der Waals surface area contributed by atoms with E-state index in [0.29, 0.717) is 32.5 Å². The van der Waals surface area contributed by atoms with Crippen LogP contribution in [0.25, 0.3) is 0 Å². The number of para-hydroxylation sites is 1. The number of hydrogen-bond acceptors (Lipinski definition) is 3. The van der Waals surface area contributed by atoms with Crippen LogP contribution in [0.4, 0.5) is 0 Å². The molecule has 1 heterocycles. The second-order valence-electron chi connectivity index (χ2n) is 10.1. The Labute approximate surface area is 198 Å². The number of carbonyl (C=O) groups is 2. The van der Waals surface area contributed by atoms with Gasteiger partial charge in [-0.3, -0.25) is 9.59 Å². The van der Waals surface area contributed by atoms with Gasteiger partial charge in [0.25, 0.3) is 0 Å². The maximum Gasteiger partial charge on any atom is 0.227 e. The Morgan fingerprint density at radius 3 is 2.24 bits per heavy atom. The summed E-state index contributed by atoms with van der Waals surface area (Å²) < 4.78 is 5.54. The van der Waals surface area contributed by atoms with Gasteiger partial charge < -0.3 is 14.5 Å². The van der Waals surface area contributed by atoms with Gasteiger partial charge in [-0.2, -0.15) is 0 Å². The summed E-state index contributed by atoms with van der Waals surface area (Å²) in [7, 11) is 1.68. The van der Waals surface area contributed by atoms with Crippen LogP contribution in [0.1, 0.15) is 51.7 Å². The van der Waals surface area contributed by atoms with E-state index in [-0.39, 0.29) is 29.2 Å². The van der Waals surface area contributed by atoms with Gasteiger partial charge in [-0.1, -0.05) is 69.3 Å². The Bertz CT molecular complexity index is 928. The SMILES string of the molecule is COc1ccccc1CC(C)N(Cc1ccccc1)C(=O)C1CCN(C(=O)C(C)(C)C)CC1. The normalized spacial score (nSPS) is 15.7. The first-order chi connectivity index (χ1) is 15.7. The molecular formula is C28H38N2O3. The van der Waals surface area contributed by atoms with Crippen molar-refractivity contribution in [2.75, 3.05) is 20.2 Å². The number of piperidine rings is 1. The molecule has 178 valence electrons. The quantitative estimate of drug-likeness (QED) is 0.600. The van der Waals surface area contributed by atoms with Gasteiger partial charge in [0.15, 0.2) is 0 Å². The minimum atomic E-state index is -0.389. The Morgan fingerprint density at radius 1 is 1.03 bits per heavy atom. The number of amides is 2. The molecule has 2 amide bonds.